The van der Waals surface area contributed by atoms with E-state index in [1.165, 1.54) is 12.3 Å². The van der Waals surface area contributed by atoms with Crippen molar-refractivity contribution < 1.29 is 15.0 Å². The maximum Gasteiger partial charge on any atom is 0.323 e. The van der Waals surface area contributed by atoms with Gasteiger partial charge in [0.2, 0.25) is 0 Å². The van der Waals surface area contributed by atoms with E-state index < -0.39 is 0 Å². The van der Waals surface area contributed by atoms with E-state index in [4.69, 9.17) is 5.11 Å². The van der Waals surface area contributed by atoms with Gasteiger partial charge in [0.15, 0.2) is 0 Å². The first-order valence-corrected chi connectivity index (χ1v) is 7.67. The van der Waals surface area contributed by atoms with E-state index in [0.717, 1.165) is 11.4 Å². The van der Waals surface area contributed by atoms with Crippen LogP contribution in [0, 0.1) is 0 Å². The second-order valence-electron chi connectivity index (χ2n) is 5.49. The van der Waals surface area contributed by atoms with Crippen LogP contribution in [-0.4, -0.2) is 57.3 Å². The number of aromatic hydroxyl groups is 1. The van der Waals surface area contributed by atoms with Gasteiger partial charge in [-0.05, 0) is 23.8 Å². The normalized spacial score (nSPS) is 14.5. The molecule has 0 aliphatic carbocycles. The molecule has 3 N–H and O–H groups in total. The third-order valence-corrected chi connectivity index (χ3v) is 3.87. The van der Waals surface area contributed by atoms with Gasteiger partial charge in [-0.1, -0.05) is 6.07 Å². The molecular weight excluding hydrogens is 310 g/mol. The number of hydrogen-bond donors (Lipinski definition) is 3. The molecule has 8 heteroatoms. The smallest absolute Gasteiger partial charge is 0.323 e. The fourth-order valence-corrected chi connectivity index (χ4v) is 2.48. The number of urea groups is 1. The largest absolute Gasteiger partial charge is 0.506 e. The zero-order valence-electron chi connectivity index (χ0n) is 13.1. The van der Waals surface area contributed by atoms with E-state index in [1.807, 2.05) is 12.1 Å². The molecule has 24 heavy (non-hydrogen) atoms. The number of nitrogens with one attached hydrogen (secondary N) is 1. The van der Waals surface area contributed by atoms with Crippen molar-refractivity contribution in [2.45, 2.75) is 6.61 Å². The third kappa shape index (κ3) is 3.72. The van der Waals surface area contributed by atoms with Crippen LogP contribution in [0.3, 0.4) is 0 Å². The molecule has 2 aromatic rings. The van der Waals surface area contributed by atoms with Crippen LogP contribution in [0.5, 0.6) is 5.75 Å². The number of carbonyl (C=O) groups excluding carboxylic acids is 1. The predicted octanol–water partition coefficient (Wildman–Crippen LogP) is 1.03. The van der Waals surface area contributed by atoms with E-state index in [9.17, 15) is 9.90 Å². The average Bonchev–Trinajstić information content (AvgIpc) is 2.64. The molecule has 3 heterocycles. The predicted molar refractivity (Wildman–Crippen MR) is 88.9 cm³/mol. The molecule has 1 fully saturated rings. The van der Waals surface area contributed by atoms with Gasteiger partial charge >= 0.3 is 6.03 Å². The molecule has 0 spiro atoms. The van der Waals surface area contributed by atoms with Crippen LogP contribution in [0.2, 0.25) is 0 Å². The highest BCUT2D eigenvalue weighted by Gasteiger charge is 2.22. The van der Waals surface area contributed by atoms with Gasteiger partial charge in [-0.2, -0.15) is 0 Å². The van der Waals surface area contributed by atoms with Crippen molar-refractivity contribution in [3.8, 4) is 5.75 Å². The summed E-state index contributed by atoms with van der Waals surface area (Å²) in [5, 5.41) is 21.0. The van der Waals surface area contributed by atoms with Gasteiger partial charge in [-0.15, -0.1) is 0 Å². The van der Waals surface area contributed by atoms with E-state index in [0.29, 0.717) is 32.0 Å². The standard InChI is InChI=1S/C16H19N5O3/c22-11-12-1-4-15(18-9-12)20-5-7-21(8-6-20)16(24)19-14-3-2-13(23)10-17-14/h1-4,9-10,22-23H,5-8,11H2,(H,17,19,24). The molecule has 0 saturated carbocycles. The number of aliphatic hydroxyl groups is 1. The van der Waals surface area contributed by atoms with Gasteiger partial charge in [0, 0.05) is 32.4 Å². The fraction of sp³-hybridized carbons (Fsp3) is 0.312. The molecule has 0 radical (unpaired) electrons. The van der Waals surface area contributed by atoms with Gasteiger partial charge in [0.25, 0.3) is 0 Å². The summed E-state index contributed by atoms with van der Waals surface area (Å²) in [6, 6.07) is 6.54. The van der Waals surface area contributed by atoms with Gasteiger partial charge in [-0.25, -0.2) is 14.8 Å². The summed E-state index contributed by atoms with van der Waals surface area (Å²) in [6.07, 6.45) is 2.94. The number of nitrogens with zero attached hydrogens (tertiary/aromatic N) is 4. The van der Waals surface area contributed by atoms with Crippen LogP contribution in [0.4, 0.5) is 16.4 Å². The summed E-state index contributed by atoms with van der Waals surface area (Å²) in [5.41, 5.74) is 0.776. The number of amides is 2. The first kappa shape index (κ1) is 16.0. The molecule has 126 valence electrons. The summed E-state index contributed by atoms with van der Waals surface area (Å²) in [7, 11) is 0. The van der Waals surface area contributed by atoms with Crippen LogP contribution >= 0.6 is 0 Å². The van der Waals surface area contributed by atoms with Crippen molar-refractivity contribution in [3.05, 3.63) is 42.2 Å². The lowest BCUT2D eigenvalue weighted by Crippen LogP contribution is -2.50. The summed E-state index contributed by atoms with van der Waals surface area (Å²) < 4.78 is 0. The van der Waals surface area contributed by atoms with Crippen molar-refractivity contribution in [2.75, 3.05) is 36.4 Å². The molecule has 2 amide bonds. The van der Waals surface area contributed by atoms with Crippen LogP contribution in [-0.2, 0) is 6.61 Å². The van der Waals surface area contributed by atoms with Crippen LogP contribution in [0.15, 0.2) is 36.7 Å². The maximum absolute atomic E-state index is 12.2. The number of aliphatic hydroxyl groups excluding tert-OH is 1. The number of anilines is 2. The summed E-state index contributed by atoms with van der Waals surface area (Å²) in [6.45, 7) is 2.50. The van der Waals surface area contributed by atoms with Crippen molar-refractivity contribution in [3.63, 3.8) is 0 Å². The lowest BCUT2D eigenvalue weighted by atomic mass is 10.2. The highest BCUT2D eigenvalue weighted by atomic mass is 16.3. The number of pyridine rings is 2. The summed E-state index contributed by atoms with van der Waals surface area (Å²) in [4.78, 5) is 24.3. The van der Waals surface area contributed by atoms with Crippen molar-refractivity contribution in [1.82, 2.24) is 14.9 Å². The molecule has 1 aliphatic heterocycles. The molecule has 0 atom stereocenters. The Hall–Kier alpha value is -2.87. The Morgan fingerprint density at radius 2 is 1.88 bits per heavy atom. The number of aromatic nitrogens is 2. The molecule has 1 aliphatic rings. The molecule has 2 aromatic heterocycles. The van der Waals surface area contributed by atoms with E-state index >= 15 is 0 Å². The topological polar surface area (TPSA) is 102 Å². The zero-order valence-corrected chi connectivity index (χ0v) is 13.1. The molecule has 0 aromatic carbocycles. The van der Waals surface area contributed by atoms with Crippen molar-refractivity contribution in [1.29, 1.82) is 0 Å². The highest BCUT2D eigenvalue weighted by Crippen LogP contribution is 2.15. The first-order valence-electron chi connectivity index (χ1n) is 7.67. The van der Waals surface area contributed by atoms with E-state index in [1.54, 1.807) is 17.2 Å². The number of piperazine rings is 1. The average molecular weight is 329 g/mol. The Morgan fingerprint density at radius 3 is 2.46 bits per heavy atom. The minimum absolute atomic E-state index is 0.0213. The highest BCUT2D eigenvalue weighted by molar-refractivity contribution is 5.88. The second kappa shape index (κ2) is 7.14. The molecule has 3 rings (SSSR count). The Morgan fingerprint density at radius 1 is 1.08 bits per heavy atom. The van der Waals surface area contributed by atoms with Crippen molar-refractivity contribution >= 4 is 17.7 Å². The third-order valence-electron chi connectivity index (χ3n) is 3.87. The minimum atomic E-state index is -0.212. The summed E-state index contributed by atoms with van der Waals surface area (Å²) in [5.74, 6) is 1.30. The van der Waals surface area contributed by atoms with E-state index in [-0.39, 0.29) is 18.4 Å². The zero-order chi connectivity index (χ0) is 16.9. The molecule has 8 nitrogen and oxygen atoms in total. The number of hydrogen-bond acceptors (Lipinski definition) is 6. The Kier molecular flexibility index (Phi) is 4.76. The van der Waals surface area contributed by atoms with Gasteiger partial charge in [0.1, 0.15) is 17.4 Å². The quantitative estimate of drug-likeness (QED) is 0.777. The minimum Gasteiger partial charge on any atom is -0.506 e. The molecular formula is C16H19N5O3. The Labute approximate surface area is 139 Å². The monoisotopic (exact) mass is 329 g/mol. The maximum atomic E-state index is 12.2. The SMILES string of the molecule is O=C(Nc1ccc(O)cn1)N1CCN(c2ccc(CO)cn2)CC1. The van der Waals surface area contributed by atoms with Gasteiger partial charge in [0.05, 0.1) is 12.8 Å². The molecule has 1 saturated heterocycles. The lowest BCUT2D eigenvalue weighted by Gasteiger charge is -2.35. The van der Waals surface area contributed by atoms with Gasteiger partial charge in [-0.3, -0.25) is 5.32 Å². The number of rotatable bonds is 3. The number of carbonyl (C=O) groups is 1. The van der Waals surface area contributed by atoms with Gasteiger partial charge < -0.3 is 20.0 Å². The second-order valence-corrected chi connectivity index (χ2v) is 5.49. The van der Waals surface area contributed by atoms with Crippen molar-refractivity contribution in [2.24, 2.45) is 0 Å². The lowest BCUT2D eigenvalue weighted by molar-refractivity contribution is 0.208. The first-order chi connectivity index (χ1) is 11.7. The van der Waals surface area contributed by atoms with Crippen LogP contribution < -0.4 is 10.2 Å². The van der Waals surface area contributed by atoms with E-state index in [2.05, 4.69) is 20.2 Å². The fourth-order valence-electron chi connectivity index (χ4n) is 2.48. The van der Waals surface area contributed by atoms with Crippen LogP contribution in [0.1, 0.15) is 5.56 Å². The molecule has 0 bridgehead atoms. The summed E-state index contributed by atoms with van der Waals surface area (Å²) >= 11 is 0. The Balaban J connectivity index is 1.54. The Bertz CT molecular complexity index is 682. The van der Waals surface area contributed by atoms with Crippen LogP contribution in [0.25, 0.3) is 0 Å². The molecule has 0 unspecified atom stereocenters.